The summed E-state index contributed by atoms with van der Waals surface area (Å²) in [6, 6.07) is 4.11. The summed E-state index contributed by atoms with van der Waals surface area (Å²) in [5, 5.41) is 3.37. The van der Waals surface area contributed by atoms with E-state index in [0.29, 0.717) is 0 Å². The number of nitrogens with two attached hydrogens (primary N) is 1. The van der Waals surface area contributed by atoms with Crippen molar-refractivity contribution in [2.24, 2.45) is 0 Å². The molecule has 3 heteroatoms. The summed E-state index contributed by atoms with van der Waals surface area (Å²) in [6.07, 6.45) is 2.12. The second-order valence-corrected chi connectivity index (χ2v) is 3.61. The van der Waals surface area contributed by atoms with Gasteiger partial charge in [0.05, 0.1) is 12.8 Å². The van der Waals surface area contributed by atoms with Crippen molar-refractivity contribution in [3.8, 4) is 5.75 Å². The summed E-state index contributed by atoms with van der Waals surface area (Å²) in [6.45, 7) is 2.08. The fourth-order valence-electron chi connectivity index (χ4n) is 1.90. The molecule has 14 heavy (non-hydrogen) atoms. The third kappa shape index (κ3) is 1.68. The molecule has 0 saturated carbocycles. The van der Waals surface area contributed by atoms with E-state index in [9.17, 15) is 0 Å². The van der Waals surface area contributed by atoms with Crippen LogP contribution in [-0.2, 0) is 12.8 Å². The second-order valence-electron chi connectivity index (χ2n) is 3.61. The predicted molar refractivity (Wildman–Crippen MR) is 57.7 cm³/mol. The highest BCUT2D eigenvalue weighted by Gasteiger charge is 2.10. The van der Waals surface area contributed by atoms with Crippen LogP contribution in [0.4, 0.5) is 5.69 Å². The number of methoxy groups -OCH3 is 1. The zero-order valence-corrected chi connectivity index (χ0v) is 8.47. The Bertz CT molecular complexity index is 336. The SMILES string of the molecule is COc1cc2c(cc1N)CCNCC2. The average Bonchev–Trinajstić information content (AvgIpc) is 2.41. The number of hydrogen-bond acceptors (Lipinski definition) is 3. The first kappa shape index (κ1) is 9.34. The Morgan fingerprint density at radius 1 is 1.21 bits per heavy atom. The van der Waals surface area contributed by atoms with Crippen LogP contribution in [0.25, 0.3) is 0 Å². The molecule has 0 unspecified atom stereocenters. The molecule has 2 rings (SSSR count). The van der Waals surface area contributed by atoms with Crippen LogP contribution in [0.1, 0.15) is 11.1 Å². The van der Waals surface area contributed by atoms with Gasteiger partial charge in [-0.05, 0) is 49.2 Å². The molecule has 0 radical (unpaired) electrons. The summed E-state index contributed by atoms with van der Waals surface area (Å²) in [5.74, 6) is 0.797. The quantitative estimate of drug-likeness (QED) is 0.652. The molecule has 3 N–H and O–H groups in total. The van der Waals surface area contributed by atoms with Gasteiger partial charge in [-0.2, -0.15) is 0 Å². The van der Waals surface area contributed by atoms with Crippen LogP contribution in [0, 0.1) is 0 Å². The maximum Gasteiger partial charge on any atom is 0.142 e. The molecule has 0 fully saturated rings. The van der Waals surface area contributed by atoms with Gasteiger partial charge in [-0.15, -0.1) is 0 Å². The summed E-state index contributed by atoms with van der Waals surface area (Å²) < 4.78 is 5.21. The molecule has 0 amide bonds. The fourth-order valence-corrected chi connectivity index (χ4v) is 1.90. The van der Waals surface area contributed by atoms with Gasteiger partial charge in [0.15, 0.2) is 0 Å². The van der Waals surface area contributed by atoms with E-state index < -0.39 is 0 Å². The molecule has 1 aliphatic rings. The minimum atomic E-state index is 0.744. The lowest BCUT2D eigenvalue weighted by molar-refractivity contribution is 0.416. The average molecular weight is 192 g/mol. The van der Waals surface area contributed by atoms with Crippen molar-refractivity contribution in [1.29, 1.82) is 0 Å². The molecule has 0 aromatic heterocycles. The lowest BCUT2D eigenvalue weighted by atomic mass is 10.0. The normalized spacial score (nSPS) is 15.8. The van der Waals surface area contributed by atoms with Crippen LogP contribution in [0.5, 0.6) is 5.75 Å². The molecule has 1 aromatic rings. The molecule has 0 spiro atoms. The summed E-state index contributed by atoms with van der Waals surface area (Å²) >= 11 is 0. The summed E-state index contributed by atoms with van der Waals surface area (Å²) in [5.41, 5.74) is 9.32. The molecule has 0 aliphatic carbocycles. The van der Waals surface area contributed by atoms with E-state index >= 15 is 0 Å². The molecule has 0 saturated heterocycles. The minimum Gasteiger partial charge on any atom is -0.495 e. The third-order valence-corrected chi connectivity index (χ3v) is 2.69. The van der Waals surface area contributed by atoms with Gasteiger partial charge in [0.25, 0.3) is 0 Å². The Balaban J connectivity index is 2.41. The number of nitrogens with one attached hydrogen (secondary N) is 1. The number of anilines is 1. The van der Waals surface area contributed by atoms with Crippen LogP contribution < -0.4 is 15.8 Å². The van der Waals surface area contributed by atoms with E-state index in [2.05, 4.69) is 11.4 Å². The first-order chi connectivity index (χ1) is 6.81. The molecule has 0 bridgehead atoms. The number of rotatable bonds is 1. The van der Waals surface area contributed by atoms with Crippen molar-refractivity contribution >= 4 is 5.69 Å². The molecule has 1 aliphatic heterocycles. The van der Waals surface area contributed by atoms with E-state index in [-0.39, 0.29) is 0 Å². The van der Waals surface area contributed by atoms with E-state index in [0.717, 1.165) is 37.4 Å². The van der Waals surface area contributed by atoms with Gasteiger partial charge in [0.1, 0.15) is 5.75 Å². The van der Waals surface area contributed by atoms with Crippen LogP contribution in [0.3, 0.4) is 0 Å². The maximum atomic E-state index is 5.86. The maximum absolute atomic E-state index is 5.86. The highest BCUT2D eigenvalue weighted by molar-refractivity contribution is 5.57. The van der Waals surface area contributed by atoms with Crippen molar-refractivity contribution in [2.45, 2.75) is 12.8 Å². The van der Waals surface area contributed by atoms with Gasteiger partial charge >= 0.3 is 0 Å². The van der Waals surface area contributed by atoms with E-state index in [1.165, 1.54) is 11.1 Å². The fraction of sp³-hybridized carbons (Fsp3) is 0.455. The zero-order chi connectivity index (χ0) is 9.97. The first-order valence-corrected chi connectivity index (χ1v) is 4.97. The number of ether oxygens (including phenoxy) is 1. The van der Waals surface area contributed by atoms with Crippen molar-refractivity contribution < 1.29 is 4.74 Å². The van der Waals surface area contributed by atoms with Crippen molar-refractivity contribution in [2.75, 3.05) is 25.9 Å². The summed E-state index contributed by atoms with van der Waals surface area (Å²) in [4.78, 5) is 0. The number of nitrogen functional groups attached to an aromatic ring is 1. The molecule has 76 valence electrons. The second kappa shape index (κ2) is 3.88. The number of hydrogen-bond donors (Lipinski definition) is 2. The van der Waals surface area contributed by atoms with Gasteiger partial charge in [-0.25, -0.2) is 0 Å². The monoisotopic (exact) mass is 192 g/mol. The Hall–Kier alpha value is -1.22. The zero-order valence-electron chi connectivity index (χ0n) is 8.47. The molecular weight excluding hydrogens is 176 g/mol. The minimum absolute atomic E-state index is 0.744. The Morgan fingerprint density at radius 3 is 2.50 bits per heavy atom. The Kier molecular flexibility index (Phi) is 2.59. The van der Waals surface area contributed by atoms with Crippen molar-refractivity contribution in [1.82, 2.24) is 5.32 Å². The predicted octanol–water partition coefficient (Wildman–Crippen LogP) is 0.966. The number of fused-ring (bicyclic) bond motifs is 1. The lowest BCUT2D eigenvalue weighted by Gasteiger charge is -2.10. The van der Waals surface area contributed by atoms with Gasteiger partial charge in [0.2, 0.25) is 0 Å². The molecule has 1 heterocycles. The Labute approximate surface area is 84.3 Å². The van der Waals surface area contributed by atoms with E-state index in [1.54, 1.807) is 7.11 Å². The Morgan fingerprint density at radius 2 is 1.86 bits per heavy atom. The van der Waals surface area contributed by atoms with E-state index in [1.807, 2.05) is 6.07 Å². The largest absolute Gasteiger partial charge is 0.495 e. The van der Waals surface area contributed by atoms with E-state index in [4.69, 9.17) is 10.5 Å². The smallest absolute Gasteiger partial charge is 0.142 e. The summed E-state index contributed by atoms with van der Waals surface area (Å²) in [7, 11) is 1.66. The third-order valence-electron chi connectivity index (χ3n) is 2.69. The number of benzene rings is 1. The van der Waals surface area contributed by atoms with Crippen LogP contribution in [0.15, 0.2) is 12.1 Å². The molecule has 3 nitrogen and oxygen atoms in total. The van der Waals surface area contributed by atoms with Gasteiger partial charge in [-0.1, -0.05) is 0 Å². The highest BCUT2D eigenvalue weighted by atomic mass is 16.5. The van der Waals surface area contributed by atoms with Gasteiger partial charge in [0, 0.05) is 0 Å². The van der Waals surface area contributed by atoms with Crippen molar-refractivity contribution in [3.63, 3.8) is 0 Å². The molecule has 0 atom stereocenters. The highest BCUT2D eigenvalue weighted by Crippen LogP contribution is 2.27. The standard InChI is InChI=1S/C11H16N2O/c1-14-11-7-9-3-5-13-4-2-8(9)6-10(11)12/h6-7,13H,2-5,12H2,1H3. The lowest BCUT2D eigenvalue weighted by Crippen LogP contribution is -2.16. The van der Waals surface area contributed by atoms with Crippen LogP contribution in [-0.4, -0.2) is 20.2 Å². The first-order valence-electron chi connectivity index (χ1n) is 4.97. The topological polar surface area (TPSA) is 47.3 Å². The van der Waals surface area contributed by atoms with Gasteiger partial charge < -0.3 is 15.8 Å². The van der Waals surface area contributed by atoms with Crippen LogP contribution >= 0.6 is 0 Å². The van der Waals surface area contributed by atoms with Crippen molar-refractivity contribution in [3.05, 3.63) is 23.3 Å². The molecule has 1 aromatic carbocycles. The van der Waals surface area contributed by atoms with Gasteiger partial charge in [-0.3, -0.25) is 0 Å². The molecular formula is C11H16N2O. The van der Waals surface area contributed by atoms with Crippen LogP contribution in [0.2, 0.25) is 0 Å².